The predicted molar refractivity (Wildman–Crippen MR) is 54.4 cm³/mol. The second-order valence-corrected chi connectivity index (χ2v) is 3.03. The van der Waals surface area contributed by atoms with Crippen molar-refractivity contribution in [2.24, 2.45) is 0 Å². The van der Waals surface area contributed by atoms with Crippen LogP contribution in [0.15, 0.2) is 48.7 Å². The normalized spacial score (nSPS) is 9.21. The van der Waals surface area contributed by atoms with E-state index in [-0.39, 0.29) is 20.4 Å². The molecule has 0 aliphatic heterocycles. The van der Waals surface area contributed by atoms with Crippen LogP contribution in [0.25, 0.3) is 11.3 Å². The first-order valence-electron chi connectivity index (χ1n) is 4.35. The zero-order valence-electron chi connectivity index (χ0n) is 7.88. The van der Waals surface area contributed by atoms with Gasteiger partial charge in [-0.1, -0.05) is 30.3 Å². The van der Waals surface area contributed by atoms with E-state index in [0.29, 0.717) is 0 Å². The summed E-state index contributed by atoms with van der Waals surface area (Å²) in [5.41, 5.74) is 3.52. The summed E-state index contributed by atoms with van der Waals surface area (Å²) >= 11 is 0. The number of nitrogens with zero attached hydrogens (tertiary/aromatic N) is 1. The average molecular weight is 276 g/mol. The van der Waals surface area contributed by atoms with Gasteiger partial charge in [-0.25, -0.2) is 0 Å². The maximum Gasteiger partial charge on any atom is 0.0704 e. The third kappa shape index (κ3) is 2.29. The molecule has 1 aromatic carbocycles. The van der Waals surface area contributed by atoms with Crippen molar-refractivity contribution in [3.8, 4) is 11.3 Å². The number of aryl methyl sites for hydroxylation is 1. The van der Waals surface area contributed by atoms with Crippen molar-refractivity contribution in [2.75, 3.05) is 0 Å². The molecule has 0 radical (unpaired) electrons. The molecular formula is C12H11NPd. The topological polar surface area (TPSA) is 12.9 Å². The van der Waals surface area contributed by atoms with Crippen molar-refractivity contribution >= 4 is 0 Å². The van der Waals surface area contributed by atoms with Crippen LogP contribution in [0.5, 0.6) is 0 Å². The van der Waals surface area contributed by atoms with Gasteiger partial charge in [0.15, 0.2) is 0 Å². The van der Waals surface area contributed by atoms with Gasteiger partial charge in [-0.2, -0.15) is 0 Å². The molecule has 14 heavy (non-hydrogen) atoms. The molecule has 1 aromatic heterocycles. The summed E-state index contributed by atoms with van der Waals surface area (Å²) < 4.78 is 0. The van der Waals surface area contributed by atoms with Gasteiger partial charge in [0, 0.05) is 32.2 Å². The molecule has 1 heterocycles. The smallest absolute Gasteiger partial charge is 0.0704 e. The van der Waals surface area contributed by atoms with E-state index in [9.17, 15) is 0 Å². The Morgan fingerprint density at radius 1 is 0.929 bits per heavy atom. The molecular weight excluding hydrogens is 265 g/mol. The van der Waals surface area contributed by atoms with Crippen molar-refractivity contribution in [3.05, 3.63) is 54.2 Å². The Labute approximate surface area is 97.9 Å². The molecule has 0 bridgehead atoms. The zero-order chi connectivity index (χ0) is 9.10. The van der Waals surface area contributed by atoms with Crippen molar-refractivity contribution in [2.45, 2.75) is 6.92 Å². The van der Waals surface area contributed by atoms with Crippen LogP contribution < -0.4 is 0 Å². The van der Waals surface area contributed by atoms with Gasteiger partial charge >= 0.3 is 0 Å². The van der Waals surface area contributed by atoms with Gasteiger partial charge in [-0.15, -0.1) is 0 Å². The first-order valence-corrected chi connectivity index (χ1v) is 4.35. The Bertz CT molecular complexity index is 398. The molecule has 0 fully saturated rings. The largest absolute Gasteiger partial charge is 0.256 e. The number of hydrogen-bond donors (Lipinski definition) is 0. The fraction of sp³-hybridized carbons (Fsp3) is 0.0833. The molecule has 0 saturated carbocycles. The Balaban J connectivity index is 0.000000980. The summed E-state index contributed by atoms with van der Waals surface area (Å²) in [6.07, 6.45) is 1.82. The standard InChI is InChI=1S/C12H11N.Pd/c1-10-6-2-3-7-11(10)12-8-4-5-9-13-12;/h2-9H,1H3;. The molecule has 74 valence electrons. The molecule has 0 spiro atoms. The van der Waals surface area contributed by atoms with Crippen LogP contribution in [0.3, 0.4) is 0 Å². The molecule has 0 saturated heterocycles. The molecule has 1 nitrogen and oxygen atoms in total. The van der Waals surface area contributed by atoms with Crippen molar-refractivity contribution < 1.29 is 20.4 Å². The summed E-state index contributed by atoms with van der Waals surface area (Å²) in [5, 5.41) is 0. The molecule has 0 atom stereocenters. The summed E-state index contributed by atoms with van der Waals surface area (Å²) in [6.45, 7) is 2.10. The van der Waals surface area contributed by atoms with Crippen LogP contribution in [0.4, 0.5) is 0 Å². The van der Waals surface area contributed by atoms with Crippen molar-refractivity contribution in [1.82, 2.24) is 4.98 Å². The first kappa shape index (κ1) is 11.1. The summed E-state index contributed by atoms with van der Waals surface area (Å²) in [5.74, 6) is 0. The minimum absolute atomic E-state index is 0. The summed E-state index contributed by atoms with van der Waals surface area (Å²) in [4.78, 5) is 4.31. The molecule has 0 amide bonds. The Morgan fingerprint density at radius 3 is 2.29 bits per heavy atom. The van der Waals surface area contributed by atoms with Crippen LogP contribution in [0.2, 0.25) is 0 Å². The Morgan fingerprint density at radius 2 is 1.64 bits per heavy atom. The molecule has 0 aliphatic carbocycles. The van der Waals surface area contributed by atoms with E-state index in [1.165, 1.54) is 11.1 Å². The van der Waals surface area contributed by atoms with E-state index >= 15 is 0 Å². The Hall–Kier alpha value is -0.968. The van der Waals surface area contributed by atoms with E-state index in [0.717, 1.165) is 5.69 Å². The van der Waals surface area contributed by atoms with Crippen LogP contribution in [0.1, 0.15) is 5.56 Å². The van der Waals surface area contributed by atoms with Gasteiger partial charge in [0.05, 0.1) is 5.69 Å². The molecule has 0 aliphatic rings. The van der Waals surface area contributed by atoms with Crippen LogP contribution in [-0.2, 0) is 20.4 Å². The van der Waals surface area contributed by atoms with Gasteiger partial charge in [-0.3, -0.25) is 4.98 Å². The summed E-state index contributed by atoms with van der Waals surface area (Å²) in [6, 6.07) is 14.2. The summed E-state index contributed by atoms with van der Waals surface area (Å²) in [7, 11) is 0. The second-order valence-electron chi connectivity index (χ2n) is 3.03. The van der Waals surface area contributed by atoms with Crippen molar-refractivity contribution in [3.63, 3.8) is 0 Å². The molecule has 2 heteroatoms. The maximum atomic E-state index is 4.31. The number of pyridine rings is 1. The first-order chi connectivity index (χ1) is 6.38. The minimum Gasteiger partial charge on any atom is -0.256 e. The molecule has 0 unspecified atom stereocenters. The second kappa shape index (κ2) is 5.05. The van der Waals surface area contributed by atoms with E-state index in [1.54, 1.807) is 0 Å². The number of rotatable bonds is 1. The number of benzene rings is 1. The van der Waals surface area contributed by atoms with Crippen molar-refractivity contribution in [1.29, 1.82) is 0 Å². The van der Waals surface area contributed by atoms with Crippen LogP contribution in [-0.4, -0.2) is 4.98 Å². The van der Waals surface area contributed by atoms with Crippen LogP contribution in [0, 0.1) is 6.92 Å². The Kier molecular flexibility index (Phi) is 4.01. The van der Waals surface area contributed by atoms with Gasteiger partial charge in [0.2, 0.25) is 0 Å². The molecule has 0 N–H and O–H groups in total. The minimum atomic E-state index is 0. The van der Waals surface area contributed by atoms with E-state index in [4.69, 9.17) is 0 Å². The van der Waals surface area contributed by atoms with E-state index in [1.807, 2.05) is 36.5 Å². The van der Waals surface area contributed by atoms with E-state index < -0.39 is 0 Å². The van der Waals surface area contributed by atoms with Gasteiger partial charge in [-0.05, 0) is 24.6 Å². The zero-order valence-corrected chi connectivity index (χ0v) is 9.44. The van der Waals surface area contributed by atoms with Gasteiger partial charge < -0.3 is 0 Å². The fourth-order valence-corrected chi connectivity index (χ4v) is 1.38. The number of aromatic nitrogens is 1. The molecule has 2 rings (SSSR count). The number of hydrogen-bond acceptors (Lipinski definition) is 1. The van der Waals surface area contributed by atoms with E-state index in [2.05, 4.69) is 24.0 Å². The fourth-order valence-electron chi connectivity index (χ4n) is 1.38. The predicted octanol–water partition coefficient (Wildman–Crippen LogP) is 3.05. The quantitative estimate of drug-likeness (QED) is 0.729. The van der Waals surface area contributed by atoms with Gasteiger partial charge in [0.1, 0.15) is 0 Å². The molecule has 2 aromatic rings. The van der Waals surface area contributed by atoms with Crippen LogP contribution >= 0.6 is 0 Å². The average Bonchev–Trinajstić information content (AvgIpc) is 2.20. The van der Waals surface area contributed by atoms with Gasteiger partial charge in [0.25, 0.3) is 0 Å². The third-order valence-electron chi connectivity index (χ3n) is 2.09. The third-order valence-corrected chi connectivity index (χ3v) is 2.09. The monoisotopic (exact) mass is 275 g/mol. The SMILES string of the molecule is Cc1ccccc1-c1ccccn1.[Pd]. The maximum absolute atomic E-state index is 4.31.